The minimum absolute atomic E-state index is 0.423. The van der Waals surface area contributed by atoms with E-state index in [0.717, 1.165) is 44.2 Å². The van der Waals surface area contributed by atoms with Crippen LogP contribution in [0, 0.1) is 5.92 Å². The number of nitrogens with one attached hydrogen (secondary N) is 1. The van der Waals surface area contributed by atoms with Crippen LogP contribution in [0.15, 0.2) is 33.8 Å². The summed E-state index contributed by atoms with van der Waals surface area (Å²) in [5, 5.41) is 7.95. The summed E-state index contributed by atoms with van der Waals surface area (Å²) >= 11 is 6.01. The number of likely N-dealkylation sites (tertiary alicyclic amines) is 1. The minimum atomic E-state index is 0.423. The van der Waals surface area contributed by atoms with Crippen molar-refractivity contribution in [2.75, 3.05) is 33.4 Å². The molecule has 0 saturated carbocycles. The number of aromatic nitrogens is 2. The van der Waals surface area contributed by atoms with Crippen molar-refractivity contribution >= 4 is 17.6 Å². The number of hydrogen-bond donors (Lipinski definition) is 1. The maximum absolute atomic E-state index is 6.01. The third-order valence-electron chi connectivity index (χ3n) is 4.30. The van der Waals surface area contributed by atoms with E-state index in [2.05, 4.69) is 25.3 Å². The SMILES string of the molecule is CCOCC1CCN(C(=NC)NCc2nc(-c3cccc(Cl)c3)no2)C1. The third kappa shape index (κ3) is 4.74. The molecule has 1 N–H and O–H groups in total. The Kier molecular flexibility index (Phi) is 6.46. The van der Waals surface area contributed by atoms with Crippen molar-refractivity contribution in [3.8, 4) is 11.4 Å². The van der Waals surface area contributed by atoms with E-state index >= 15 is 0 Å². The van der Waals surface area contributed by atoms with Gasteiger partial charge < -0.3 is 19.5 Å². The highest BCUT2D eigenvalue weighted by molar-refractivity contribution is 6.30. The monoisotopic (exact) mass is 377 g/mol. The first kappa shape index (κ1) is 18.7. The van der Waals surface area contributed by atoms with E-state index in [9.17, 15) is 0 Å². The predicted molar refractivity (Wildman–Crippen MR) is 101 cm³/mol. The maximum Gasteiger partial charge on any atom is 0.246 e. The van der Waals surface area contributed by atoms with Crippen molar-refractivity contribution in [3.05, 3.63) is 35.2 Å². The van der Waals surface area contributed by atoms with Crippen LogP contribution in [0.25, 0.3) is 11.4 Å². The molecule has 1 unspecified atom stereocenters. The van der Waals surface area contributed by atoms with Crippen LogP contribution in [-0.2, 0) is 11.3 Å². The van der Waals surface area contributed by atoms with E-state index in [0.29, 0.717) is 29.2 Å². The van der Waals surface area contributed by atoms with Crippen LogP contribution in [0.4, 0.5) is 0 Å². The molecule has 0 radical (unpaired) electrons. The zero-order valence-electron chi connectivity index (χ0n) is 15.1. The summed E-state index contributed by atoms with van der Waals surface area (Å²) in [4.78, 5) is 11.0. The van der Waals surface area contributed by atoms with Gasteiger partial charge in [0.2, 0.25) is 11.7 Å². The molecule has 1 fully saturated rings. The first-order chi connectivity index (χ1) is 12.7. The van der Waals surface area contributed by atoms with E-state index < -0.39 is 0 Å². The molecule has 3 rings (SSSR count). The van der Waals surface area contributed by atoms with Crippen LogP contribution >= 0.6 is 11.6 Å². The summed E-state index contributed by atoms with van der Waals surface area (Å²) in [5.74, 6) is 2.42. The van der Waals surface area contributed by atoms with Crippen LogP contribution < -0.4 is 5.32 Å². The average Bonchev–Trinajstić information content (AvgIpc) is 3.30. The van der Waals surface area contributed by atoms with E-state index in [1.807, 2.05) is 31.2 Å². The predicted octanol–water partition coefficient (Wildman–Crippen LogP) is 2.82. The zero-order chi connectivity index (χ0) is 18.4. The molecule has 1 aromatic heterocycles. The standard InChI is InChI=1S/C18H24ClN5O2/c1-3-25-12-13-7-8-24(11-13)18(20-2)21-10-16-22-17(23-26-16)14-5-4-6-15(19)9-14/h4-6,9,13H,3,7-8,10-12H2,1-2H3,(H,20,21). The Hall–Kier alpha value is -2.12. The van der Waals surface area contributed by atoms with Gasteiger partial charge in [-0.25, -0.2) is 0 Å². The van der Waals surface area contributed by atoms with Gasteiger partial charge in [-0.2, -0.15) is 4.98 Å². The van der Waals surface area contributed by atoms with Gasteiger partial charge in [0.25, 0.3) is 0 Å². The van der Waals surface area contributed by atoms with Crippen molar-refractivity contribution in [2.45, 2.75) is 19.9 Å². The number of hydrogen-bond acceptors (Lipinski definition) is 5. The number of halogens is 1. The molecule has 1 aliphatic rings. The van der Waals surface area contributed by atoms with Crippen LogP contribution in [0.5, 0.6) is 0 Å². The van der Waals surface area contributed by atoms with Gasteiger partial charge in [0, 0.05) is 43.2 Å². The molecule has 7 nitrogen and oxygen atoms in total. The van der Waals surface area contributed by atoms with Crippen molar-refractivity contribution in [3.63, 3.8) is 0 Å². The van der Waals surface area contributed by atoms with Crippen molar-refractivity contribution < 1.29 is 9.26 Å². The number of guanidine groups is 1. The highest BCUT2D eigenvalue weighted by Crippen LogP contribution is 2.20. The lowest BCUT2D eigenvalue weighted by molar-refractivity contribution is 0.114. The lowest BCUT2D eigenvalue weighted by atomic mass is 10.1. The van der Waals surface area contributed by atoms with Gasteiger partial charge in [-0.15, -0.1) is 0 Å². The van der Waals surface area contributed by atoms with Crippen LogP contribution in [-0.4, -0.2) is 54.4 Å². The summed E-state index contributed by atoms with van der Waals surface area (Å²) in [6.07, 6.45) is 1.11. The van der Waals surface area contributed by atoms with Gasteiger partial charge in [0.05, 0.1) is 13.2 Å². The summed E-state index contributed by atoms with van der Waals surface area (Å²) in [6, 6.07) is 7.38. The van der Waals surface area contributed by atoms with E-state index in [1.54, 1.807) is 7.05 Å². The van der Waals surface area contributed by atoms with Crippen molar-refractivity contribution in [2.24, 2.45) is 10.9 Å². The van der Waals surface area contributed by atoms with E-state index in [4.69, 9.17) is 20.9 Å². The molecule has 1 aliphatic heterocycles. The molecule has 0 amide bonds. The second-order valence-electron chi connectivity index (χ2n) is 6.18. The molecule has 26 heavy (non-hydrogen) atoms. The first-order valence-corrected chi connectivity index (χ1v) is 9.19. The smallest absolute Gasteiger partial charge is 0.246 e. The molecule has 140 valence electrons. The number of aliphatic imine (C=N–C) groups is 1. The fourth-order valence-corrected chi connectivity index (χ4v) is 3.19. The molecule has 0 bridgehead atoms. The second kappa shape index (κ2) is 9.00. The Morgan fingerprint density at radius 3 is 3.15 bits per heavy atom. The molecule has 1 saturated heterocycles. The highest BCUT2D eigenvalue weighted by Gasteiger charge is 2.25. The lowest BCUT2D eigenvalue weighted by Crippen LogP contribution is -2.39. The molecule has 2 aromatic rings. The topological polar surface area (TPSA) is 75.8 Å². The van der Waals surface area contributed by atoms with Gasteiger partial charge in [-0.1, -0.05) is 28.9 Å². The van der Waals surface area contributed by atoms with Gasteiger partial charge in [0.1, 0.15) is 0 Å². The maximum atomic E-state index is 6.01. The van der Waals surface area contributed by atoms with Crippen LogP contribution in [0.1, 0.15) is 19.2 Å². The highest BCUT2D eigenvalue weighted by atomic mass is 35.5. The Morgan fingerprint density at radius 1 is 1.50 bits per heavy atom. The van der Waals surface area contributed by atoms with E-state index in [-0.39, 0.29) is 0 Å². The fourth-order valence-electron chi connectivity index (χ4n) is 3.00. The molecule has 2 heterocycles. The van der Waals surface area contributed by atoms with Crippen LogP contribution in [0.3, 0.4) is 0 Å². The molecular formula is C18H24ClN5O2. The number of nitrogens with zero attached hydrogens (tertiary/aromatic N) is 4. The Morgan fingerprint density at radius 2 is 2.38 bits per heavy atom. The fraction of sp³-hybridized carbons (Fsp3) is 0.500. The number of ether oxygens (including phenoxy) is 1. The summed E-state index contributed by atoms with van der Waals surface area (Å²) in [6.45, 7) is 5.92. The molecule has 1 aromatic carbocycles. The molecule has 1 atom stereocenters. The molecule has 8 heteroatoms. The van der Waals surface area contributed by atoms with Gasteiger partial charge in [-0.05, 0) is 25.5 Å². The van der Waals surface area contributed by atoms with Gasteiger partial charge in [0.15, 0.2) is 5.96 Å². The minimum Gasteiger partial charge on any atom is -0.381 e. The normalized spacial score (nSPS) is 17.7. The Bertz CT molecular complexity index is 749. The number of rotatable bonds is 6. The molecule has 0 spiro atoms. The van der Waals surface area contributed by atoms with Gasteiger partial charge in [-0.3, -0.25) is 4.99 Å². The average molecular weight is 378 g/mol. The quantitative estimate of drug-likeness (QED) is 0.616. The summed E-state index contributed by atoms with van der Waals surface area (Å²) in [7, 11) is 1.78. The second-order valence-corrected chi connectivity index (χ2v) is 6.62. The lowest BCUT2D eigenvalue weighted by Gasteiger charge is -2.21. The van der Waals surface area contributed by atoms with Crippen molar-refractivity contribution in [1.29, 1.82) is 0 Å². The third-order valence-corrected chi connectivity index (χ3v) is 4.54. The zero-order valence-corrected chi connectivity index (χ0v) is 15.9. The summed E-state index contributed by atoms with van der Waals surface area (Å²) < 4.78 is 10.9. The Balaban J connectivity index is 1.55. The Labute approximate surface area is 158 Å². The first-order valence-electron chi connectivity index (χ1n) is 8.81. The van der Waals surface area contributed by atoms with Crippen LogP contribution in [0.2, 0.25) is 5.02 Å². The summed E-state index contributed by atoms with van der Waals surface area (Å²) in [5.41, 5.74) is 0.829. The van der Waals surface area contributed by atoms with E-state index in [1.165, 1.54) is 0 Å². The number of benzene rings is 1. The molecule has 0 aliphatic carbocycles. The largest absolute Gasteiger partial charge is 0.381 e. The van der Waals surface area contributed by atoms with Crippen molar-refractivity contribution in [1.82, 2.24) is 20.4 Å². The van der Waals surface area contributed by atoms with Gasteiger partial charge >= 0.3 is 0 Å². The molecular weight excluding hydrogens is 354 g/mol.